The summed E-state index contributed by atoms with van der Waals surface area (Å²) in [6, 6.07) is 0. The molecule has 0 bridgehead atoms. The third-order valence-corrected chi connectivity index (χ3v) is 1.91. The number of nitrogens with two attached hydrogens (primary N) is 1. The molecule has 0 aromatic carbocycles. The van der Waals surface area contributed by atoms with Crippen molar-refractivity contribution >= 4 is 17.8 Å². The average Bonchev–Trinajstić information content (AvgIpc) is 2.57. The van der Waals surface area contributed by atoms with Gasteiger partial charge in [-0.3, -0.25) is 4.79 Å². The first-order valence-corrected chi connectivity index (χ1v) is 4.76. The monoisotopic (exact) mass is 227 g/mol. The normalized spacial score (nSPS) is 10.1. The van der Waals surface area contributed by atoms with Crippen LogP contribution in [0.5, 0.6) is 0 Å². The maximum absolute atomic E-state index is 11.3. The minimum Gasteiger partial charge on any atom is -0.481 e. The van der Waals surface area contributed by atoms with Crippen LogP contribution in [0.2, 0.25) is 0 Å². The number of carbonyl (C=O) groups excluding carboxylic acids is 1. The van der Waals surface area contributed by atoms with Crippen molar-refractivity contribution in [2.45, 2.75) is 19.9 Å². The van der Waals surface area contributed by atoms with Crippen LogP contribution in [0, 0.1) is 0 Å². The third-order valence-electron chi connectivity index (χ3n) is 1.91. The average molecular weight is 227 g/mol. The van der Waals surface area contributed by atoms with E-state index < -0.39 is 11.9 Å². The zero-order chi connectivity index (χ0) is 12.1. The van der Waals surface area contributed by atoms with Crippen LogP contribution >= 0.6 is 0 Å². The lowest BCUT2D eigenvalue weighted by atomic mass is 10.3. The number of aromatic nitrogens is 2. The molecule has 3 N–H and O–H groups in total. The van der Waals surface area contributed by atoms with Gasteiger partial charge in [-0.15, -0.1) is 0 Å². The smallest absolute Gasteiger partial charge is 0.343 e. The van der Waals surface area contributed by atoms with Crippen LogP contribution in [0.4, 0.5) is 5.82 Å². The van der Waals surface area contributed by atoms with E-state index in [-0.39, 0.29) is 31.0 Å². The molecule has 0 saturated carbocycles. The zero-order valence-corrected chi connectivity index (χ0v) is 8.84. The van der Waals surface area contributed by atoms with Crippen molar-refractivity contribution in [2.75, 3.05) is 12.3 Å². The molecule has 1 rings (SSSR count). The molecule has 1 aromatic heterocycles. The lowest BCUT2D eigenvalue weighted by Gasteiger charge is -2.03. The highest BCUT2D eigenvalue weighted by atomic mass is 16.5. The van der Waals surface area contributed by atoms with Gasteiger partial charge in [0.25, 0.3) is 0 Å². The van der Waals surface area contributed by atoms with Gasteiger partial charge in [-0.2, -0.15) is 5.10 Å². The summed E-state index contributed by atoms with van der Waals surface area (Å²) in [4.78, 5) is 21.7. The van der Waals surface area contributed by atoms with E-state index in [1.807, 2.05) is 0 Å². The summed E-state index contributed by atoms with van der Waals surface area (Å²) in [6.07, 6.45) is 1.17. The summed E-state index contributed by atoms with van der Waals surface area (Å²) in [6.45, 7) is 2.06. The summed E-state index contributed by atoms with van der Waals surface area (Å²) in [5.74, 6) is -1.38. The maximum atomic E-state index is 11.3. The standard InChI is InChI=1S/C9H13N3O4/c1-2-16-9(15)6-5-11-12(8(6)10)4-3-7(13)14/h5H,2-4,10H2,1H3,(H,13,14). The summed E-state index contributed by atoms with van der Waals surface area (Å²) < 4.78 is 6.02. The van der Waals surface area contributed by atoms with E-state index >= 15 is 0 Å². The first-order chi connectivity index (χ1) is 7.56. The van der Waals surface area contributed by atoms with E-state index in [9.17, 15) is 9.59 Å². The zero-order valence-electron chi connectivity index (χ0n) is 8.84. The Bertz CT molecular complexity index is 399. The molecule has 7 heteroatoms. The van der Waals surface area contributed by atoms with Gasteiger partial charge in [0.15, 0.2) is 0 Å². The van der Waals surface area contributed by atoms with Crippen LogP contribution in [-0.2, 0) is 16.1 Å². The lowest BCUT2D eigenvalue weighted by molar-refractivity contribution is -0.137. The van der Waals surface area contributed by atoms with Crippen molar-refractivity contribution in [1.82, 2.24) is 9.78 Å². The molecule has 0 spiro atoms. The highest BCUT2D eigenvalue weighted by molar-refractivity contribution is 5.93. The van der Waals surface area contributed by atoms with Gasteiger partial charge in [0.05, 0.1) is 25.8 Å². The van der Waals surface area contributed by atoms with Crippen molar-refractivity contribution in [3.8, 4) is 0 Å². The predicted molar refractivity (Wildman–Crippen MR) is 54.8 cm³/mol. The molecule has 0 aliphatic carbocycles. The maximum Gasteiger partial charge on any atom is 0.343 e. The summed E-state index contributed by atoms with van der Waals surface area (Å²) in [7, 11) is 0. The molecule has 0 fully saturated rings. The number of hydrogen-bond acceptors (Lipinski definition) is 5. The van der Waals surface area contributed by atoms with Gasteiger partial charge in [-0.05, 0) is 6.92 Å². The number of rotatable bonds is 5. The number of aryl methyl sites for hydroxylation is 1. The number of ether oxygens (including phenoxy) is 1. The van der Waals surface area contributed by atoms with Gasteiger partial charge in [-0.25, -0.2) is 9.48 Å². The molecule has 0 radical (unpaired) electrons. The Hall–Kier alpha value is -2.05. The van der Waals surface area contributed by atoms with Gasteiger partial charge in [0, 0.05) is 0 Å². The van der Waals surface area contributed by atoms with Crippen LogP contribution in [0.1, 0.15) is 23.7 Å². The van der Waals surface area contributed by atoms with Gasteiger partial charge in [0.1, 0.15) is 11.4 Å². The molecule has 0 aliphatic rings. The molecule has 0 aliphatic heterocycles. The highest BCUT2D eigenvalue weighted by Crippen LogP contribution is 2.12. The number of anilines is 1. The minimum absolute atomic E-state index is 0.103. The van der Waals surface area contributed by atoms with Gasteiger partial charge in [0.2, 0.25) is 0 Å². The second-order valence-corrected chi connectivity index (χ2v) is 3.03. The number of carbonyl (C=O) groups is 2. The van der Waals surface area contributed by atoms with Crippen molar-refractivity contribution in [3.05, 3.63) is 11.8 Å². The molecule has 0 amide bonds. The Kier molecular flexibility index (Phi) is 3.87. The number of nitrogens with zero attached hydrogens (tertiary/aromatic N) is 2. The Morgan fingerprint density at radius 2 is 2.31 bits per heavy atom. The van der Waals surface area contributed by atoms with Crippen molar-refractivity contribution < 1.29 is 19.4 Å². The fourth-order valence-electron chi connectivity index (χ4n) is 1.14. The number of hydrogen-bond donors (Lipinski definition) is 2. The van der Waals surface area contributed by atoms with E-state index in [0.29, 0.717) is 0 Å². The van der Waals surface area contributed by atoms with Gasteiger partial charge in [-0.1, -0.05) is 0 Å². The molecule has 88 valence electrons. The third kappa shape index (κ3) is 2.72. The Morgan fingerprint density at radius 3 is 2.88 bits per heavy atom. The van der Waals surface area contributed by atoms with Crippen molar-refractivity contribution in [2.24, 2.45) is 0 Å². The molecule has 1 aromatic rings. The first kappa shape index (κ1) is 12.0. The SMILES string of the molecule is CCOC(=O)c1cnn(CCC(=O)O)c1N. The molecule has 0 unspecified atom stereocenters. The number of carboxylic acid groups (broad SMARTS) is 1. The fourth-order valence-corrected chi connectivity index (χ4v) is 1.14. The molecule has 16 heavy (non-hydrogen) atoms. The van der Waals surface area contributed by atoms with Crippen LogP contribution < -0.4 is 5.73 Å². The van der Waals surface area contributed by atoms with E-state index in [1.165, 1.54) is 10.9 Å². The Balaban J connectivity index is 2.75. The largest absolute Gasteiger partial charge is 0.481 e. The fraction of sp³-hybridized carbons (Fsp3) is 0.444. The quantitative estimate of drug-likeness (QED) is 0.691. The summed E-state index contributed by atoms with van der Waals surface area (Å²) >= 11 is 0. The van der Waals surface area contributed by atoms with Crippen molar-refractivity contribution in [1.29, 1.82) is 0 Å². The van der Waals surface area contributed by atoms with Crippen molar-refractivity contribution in [3.63, 3.8) is 0 Å². The van der Waals surface area contributed by atoms with Crippen LogP contribution in [0.15, 0.2) is 6.20 Å². The molecule has 7 nitrogen and oxygen atoms in total. The Labute approximate surface area is 91.8 Å². The van der Waals surface area contributed by atoms with Crippen LogP contribution in [0.3, 0.4) is 0 Å². The molecule has 1 heterocycles. The molecular formula is C9H13N3O4. The predicted octanol–water partition coefficient (Wildman–Crippen LogP) is 0.117. The number of carboxylic acids is 1. The second kappa shape index (κ2) is 5.15. The second-order valence-electron chi connectivity index (χ2n) is 3.03. The minimum atomic E-state index is -0.951. The number of nitrogen functional groups attached to an aromatic ring is 1. The van der Waals surface area contributed by atoms with E-state index in [4.69, 9.17) is 15.6 Å². The van der Waals surface area contributed by atoms with Crippen LogP contribution in [-0.4, -0.2) is 33.4 Å². The number of aliphatic carboxylic acids is 1. The van der Waals surface area contributed by atoms with Gasteiger partial charge < -0.3 is 15.6 Å². The topological polar surface area (TPSA) is 107 Å². The molecular weight excluding hydrogens is 214 g/mol. The van der Waals surface area contributed by atoms with E-state index in [1.54, 1.807) is 6.92 Å². The van der Waals surface area contributed by atoms with Crippen LogP contribution in [0.25, 0.3) is 0 Å². The molecule has 0 saturated heterocycles. The first-order valence-electron chi connectivity index (χ1n) is 4.76. The van der Waals surface area contributed by atoms with E-state index in [2.05, 4.69) is 5.10 Å². The summed E-state index contributed by atoms with van der Waals surface area (Å²) in [5, 5.41) is 12.3. The Morgan fingerprint density at radius 1 is 1.62 bits per heavy atom. The number of esters is 1. The van der Waals surface area contributed by atoms with E-state index in [0.717, 1.165) is 0 Å². The highest BCUT2D eigenvalue weighted by Gasteiger charge is 2.16. The lowest BCUT2D eigenvalue weighted by Crippen LogP contribution is -2.11. The summed E-state index contributed by atoms with van der Waals surface area (Å²) in [5.41, 5.74) is 5.79. The van der Waals surface area contributed by atoms with Gasteiger partial charge >= 0.3 is 11.9 Å². The molecule has 0 atom stereocenters.